The summed E-state index contributed by atoms with van der Waals surface area (Å²) >= 11 is 0. The van der Waals surface area contributed by atoms with Gasteiger partial charge in [-0.25, -0.2) is 4.79 Å². The molecule has 1 aliphatic rings. The van der Waals surface area contributed by atoms with Crippen LogP contribution in [-0.2, 0) is 20.9 Å². The van der Waals surface area contributed by atoms with Crippen LogP contribution in [0.5, 0.6) is 0 Å². The third-order valence-corrected chi connectivity index (χ3v) is 5.34. The second kappa shape index (κ2) is 10.0. The first kappa shape index (κ1) is 21.5. The number of likely N-dealkylation sites (tertiary alicyclic amines) is 1. The minimum Gasteiger partial charge on any atom is -0.479 e. The number of aliphatic hydroxyl groups is 1. The fourth-order valence-electron chi connectivity index (χ4n) is 3.78. The molecular weight excluding hydrogens is 384 g/mol. The summed E-state index contributed by atoms with van der Waals surface area (Å²) in [5.74, 6) is -1.83. The predicted octanol–water partition coefficient (Wildman–Crippen LogP) is 2.44. The number of nitrogens with zero attached hydrogens (tertiary/aromatic N) is 2. The number of amides is 2. The van der Waals surface area contributed by atoms with Gasteiger partial charge in [-0.15, -0.1) is 0 Å². The summed E-state index contributed by atoms with van der Waals surface area (Å²) in [6.45, 7) is 0.788. The zero-order valence-electron chi connectivity index (χ0n) is 16.7. The van der Waals surface area contributed by atoms with Crippen LogP contribution >= 0.6 is 0 Å². The van der Waals surface area contributed by atoms with Crippen LogP contribution in [0.4, 0.5) is 5.69 Å². The van der Waals surface area contributed by atoms with Crippen molar-refractivity contribution in [3.63, 3.8) is 0 Å². The molecule has 2 atom stereocenters. The van der Waals surface area contributed by atoms with Crippen LogP contribution in [0.25, 0.3) is 0 Å². The maximum absolute atomic E-state index is 13.0. The van der Waals surface area contributed by atoms with Gasteiger partial charge in [-0.2, -0.15) is 0 Å². The Morgan fingerprint density at radius 1 is 1.00 bits per heavy atom. The lowest BCUT2D eigenvalue weighted by Crippen LogP contribution is -2.46. The topological polar surface area (TPSA) is 98.1 Å². The van der Waals surface area contributed by atoms with Crippen molar-refractivity contribution in [2.45, 2.75) is 44.4 Å². The van der Waals surface area contributed by atoms with Crippen molar-refractivity contribution in [1.29, 1.82) is 0 Å². The minimum absolute atomic E-state index is 0.00689. The Morgan fingerprint density at radius 2 is 1.63 bits per heavy atom. The average Bonchev–Trinajstić information content (AvgIpc) is 3.26. The second-order valence-corrected chi connectivity index (χ2v) is 7.38. The largest absolute Gasteiger partial charge is 0.479 e. The first-order valence-corrected chi connectivity index (χ1v) is 10.1. The number of anilines is 1. The molecule has 0 bridgehead atoms. The molecule has 2 N–H and O–H groups in total. The van der Waals surface area contributed by atoms with E-state index < -0.39 is 18.1 Å². The number of aliphatic hydroxyl groups excluding tert-OH is 1. The lowest BCUT2D eigenvalue weighted by atomic mass is 10.1. The molecule has 158 valence electrons. The first-order valence-electron chi connectivity index (χ1n) is 10.1. The predicted molar refractivity (Wildman–Crippen MR) is 112 cm³/mol. The summed E-state index contributed by atoms with van der Waals surface area (Å²) in [6.07, 6.45) is -0.547. The molecule has 0 radical (unpaired) electrons. The monoisotopic (exact) mass is 410 g/mol. The van der Waals surface area contributed by atoms with Crippen molar-refractivity contribution in [1.82, 2.24) is 4.90 Å². The van der Waals surface area contributed by atoms with E-state index in [2.05, 4.69) is 0 Å². The van der Waals surface area contributed by atoms with Gasteiger partial charge >= 0.3 is 5.97 Å². The zero-order chi connectivity index (χ0) is 21.5. The van der Waals surface area contributed by atoms with Gasteiger partial charge in [-0.3, -0.25) is 9.59 Å². The van der Waals surface area contributed by atoms with E-state index in [1.165, 1.54) is 4.90 Å². The number of benzene rings is 2. The molecule has 1 saturated heterocycles. The third kappa shape index (κ3) is 5.24. The molecular formula is C23H26N2O5. The SMILES string of the molecule is O=C(O)C(O)[C@@H]1CCCN1C(=O)CCC(=O)N(Cc1ccccc1)c1ccccc1. The number of aliphatic carboxylic acids is 1. The van der Waals surface area contributed by atoms with Gasteiger partial charge in [-0.05, 0) is 30.5 Å². The van der Waals surface area contributed by atoms with Crippen molar-refractivity contribution in [3.8, 4) is 0 Å². The van der Waals surface area contributed by atoms with Gasteiger partial charge in [-0.1, -0.05) is 48.5 Å². The molecule has 2 aromatic rings. The molecule has 0 spiro atoms. The zero-order valence-corrected chi connectivity index (χ0v) is 16.7. The van der Waals surface area contributed by atoms with Crippen LogP contribution in [0.15, 0.2) is 60.7 Å². The van der Waals surface area contributed by atoms with Crippen molar-refractivity contribution in [3.05, 3.63) is 66.2 Å². The number of carboxylic acids is 1. The van der Waals surface area contributed by atoms with Gasteiger partial charge in [0.2, 0.25) is 11.8 Å². The van der Waals surface area contributed by atoms with Gasteiger partial charge in [0.25, 0.3) is 0 Å². The van der Waals surface area contributed by atoms with Crippen molar-refractivity contribution < 1.29 is 24.6 Å². The normalized spacial score (nSPS) is 16.8. The van der Waals surface area contributed by atoms with Crippen LogP contribution in [0.2, 0.25) is 0 Å². The van der Waals surface area contributed by atoms with Crippen LogP contribution in [0, 0.1) is 0 Å². The Hall–Kier alpha value is -3.19. The summed E-state index contributed by atoms with van der Waals surface area (Å²) in [5.41, 5.74) is 1.73. The van der Waals surface area contributed by atoms with Gasteiger partial charge in [0, 0.05) is 25.1 Å². The van der Waals surface area contributed by atoms with Crippen LogP contribution < -0.4 is 4.90 Å². The van der Waals surface area contributed by atoms with Gasteiger partial charge in [0.1, 0.15) is 0 Å². The van der Waals surface area contributed by atoms with Gasteiger partial charge in [0.05, 0.1) is 12.6 Å². The number of carbonyl (C=O) groups is 3. The highest BCUT2D eigenvalue weighted by Gasteiger charge is 2.37. The lowest BCUT2D eigenvalue weighted by Gasteiger charge is -2.27. The summed E-state index contributed by atoms with van der Waals surface area (Å²) in [6, 6.07) is 18.2. The number of carbonyl (C=O) groups excluding carboxylic acids is 2. The first-order chi connectivity index (χ1) is 14.5. The van der Waals surface area contributed by atoms with Crippen LogP contribution in [0.3, 0.4) is 0 Å². The quantitative estimate of drug-likeness (QED) is 0.697. The smallest absolute Gasteiger partial charge is 0.334 e. The molecule has 3 rings (SSSR count). The molecule has 1 unspecified atom stereocenters. The fraction of sp³-hybridized carbons (Fsp3) is 0.348. The number of carboxylic acid groups (broad SMARTS) is 1. The van der Waals surface area contributed by atoms with Crippen LogP contribution in [0.1, 0.15) is 31.2 Å². The van der Waals surface area contributed by atoms with Crippen molar-refractivity contribution in [2.75, 3.05) is 11.4 Å². The molecule has 0 aromatic heterocycles. The molecule has 2 aromatic carbocycles. The number of hydrogen-bond donors (Lipinski definition) is 2. The van der Waals surface area contributed by atoms with E-state index in [0.717, 1.165) is 11.3 Å². The second-order valence-electron chi connectivity index (χ2n) is 7.38. The van der Waals surface area contributed by atoms with E-state index >= 15 is 0 Å². The van der Waals surface area contributed by atoms with Gasteiger partial charge < -0.3 is 20.0 Å². The molecule has 1 aliphatic heterocycles. The number of rotatable bonds is 8. The van der Waals surface area contributed by atoms with E-state index in [1.807, 2.05) is 60.7 Å². The van der Waals surface area contributed by atoms with E-state index in [-0.39, 0.29) is 24.7 Å². The average molecular weight is 410 g/mol. The van der Waals surface area contributed by atoms with Crippen molar-refractivity contribution >= 4 is 23.5 Å². The molecule has 1 heterocycles. The third-order valence-electron chi connectivity index (χ3n) is 5.34. The Labute approximate surface area is 175 Å². The molecule has 0 aliphatic carbocycles. The van der Waals surface area contributed by atoms with E-state index in [4.69, 9.17) is 5.11 Å². The molecule has 30 heavy (non-hydrogen) atoms. The summed E-state index contributed by atoms with van der Waals surface area (Å²) in [4.78, 5) is 39.8. The Morgan fingerprint density at radius 3 is 2.27 bits per heavy atom. The van der Waals surface area contributed by atoms with E-state index in [9.17, 15) is 19.5 Å². The minimum atomic E-state index is -1.61. The molecule has 7 nitrogen and oxygen atoms in total. The molecule has 2 amide bonds. The highest BCUT2D eigenvalue weighted by Crippen LogP contribution is 2.23. The maximum atomic E-state index is 13.0. The van der Waals surface area contributed by atoms with Crippen molar-refractivity contribution in [2.24, 2.45) is 0 Å². The Balaban J connectivity index is 1.67. The Bertz CT molecular complexity index is 872. The molecule has 1 fully saturated rings. The summed E-state index contributed by atoms with van der Waals surface area (Å²) in [7, 11) is 0. The highest BCUT2D eigenvalue weighted by molar-refractivity contribution is 5.95. The standard InChI is InChI=1S/C23H26N2O5/c26-20(24-15-7-12-19(24)22(28)23(29)30)13-14-21(27)25(18-10-5-2-6-11-18)16-17-8-3-1-4-9-17/h1-6,8-11,19,22,28H,7,12-16H2,(H,29,30)/t19-,22?/m0/s1. The van der Waals surface area contributed by atoms with E-state index in [0.29, 0.717) is 25.9 Å². The van der Waals surface area contributed by atoms with Crippen LogP contribution in [-0.4, -0.2) is 51.6 Å². The summed E-state index contributed by atoms with van der Waals surface area (Å²) in [5, 5.41) is 18.9. The summed E-state index contributed by atoms with van der Waals surface area (Å²) < 4.78 is 0. The van der Waals surface area contributed by atoms with E-state index in [1.54, 1.807) is 4.90 Å². The maximum Gasteiger partial charge on any atom is 0.334 e. The van der Waals surface area contributed by atoms with Gasteiger partial charge in [0.15, 0.2) is 6.10 Å². The molecule has 0 saturated carbocycles. The molecule has 7 heteroatoms. The fourth-order valence-corrected chi connectivity index (χ4v) is 3.78. The number of hydrogen-bond acceptors (Lipinski definition) is 4. The number of para-hydroxylation sites is 1. The highest BCUT2D eigenvalue weighted by atomic mass is 16.4. The Kier molecular flexibility index (Phi) is 7.19. The lowest BCUT2D eigenvalue weighted by molar-refractivity contribution is -0.152.